The van der Waals surface area contributed by atoms with E-state index in [0.29, 0.717) is 5.02 Å². The molecule has 17 heavy (non-hydrogen) atoms. The van der Waals surface area contributed by atoms with Gasteiger partial charge in [0.05, 0.1) is 0 Å². The second-order valence-electron chi connectivity index (χ2n) is 4.06. The smallest absolute Gasteiger partial charge is 0.104 e. The Labute approximate surface area is 107 Å². The number of halogens is 1. The minimum atomic E-state index is -0.611. The molecule has 2 aromatic rings. The first-order valence-electron chi connectivity index (χ1n) is 5.73. The van der Waals surface area contributed by atoms with E-state index in [2.05, 4.69) is 13.0 Å². The first-order chi connectivity index (χ1) is 8.20. The normalized spacial score (nSPS) is 12.4. The van der Waals surface area contributed by atoms with Crippen molar-refractivity contribution in [3.05, 3.63) is 70.2 Å². The van der Waals surface area contributed by atoms with Crippen LogP contribution in [0.3, 0.4) is 0 Å². The van der Waals surface area contributed by atoms with Gasteiger partial charge in [-0.2, -0.15) is 0 Å². The van der Waals surface area contributed by atoms with E-state index in [4.69, 9.17) is 11.6 Å². The summed E-state index contributed by atoms with van der Waals surface area (Å²) in [6, 6.07) is 15.3. The van der Waals surface area contributed by atoms with Gasteiger partial charge in [-0.1, -0.05) is 54.9 Å². The van der Waals surface area contributed by atoms with Crippen molar-refractivity contribution in [1.82, 2.24) is 0 Å². The predicted octanol–water partition coefficient (Wildman–Crippen LogP) is 3.98. The van der Waals surface area contributed by atoms with Crippen LogP contribution in [0.1, 0.15) is 29.7 Å². The molecule has 0 radical (unpaired) electrons. The number of rotatable bonds is 3. The number of hydrogen-bond acceptors (Lipinski definition) is 1. The zero-order valence-electron chi connectivity index (χ0n) is 9.73. The van der Waals surface area contributed by atoms with Crippen molar-refractivity contribution < 1.29 is 5.11 Å². The standard InChI is InChI=1S/C15H15ClO/c1-2-11-5-3-6-12(9-11)15(17)13-7-4-8-14(16)10-13/h3-10,15,17H,2H2,1H3. The number of aliphatic hydroxyl groups excluding tert-OH is 1. The summed E-state index contributed by atoms with van der Waals surface area (Å²) in [7, 11) is 0. The van der Waals surface area contributed by atoms with E-state index in [-0.39, 0.29) is 0 Å². The van der Waals surface area contributed by atoms with E-state index in [1.54, 1.807) is 12.1 Å². The van der Waals surface area contributed by atoms with Gasteiger partial charge in [0.25, 0.3) is 0 Å². The molecule has 0 aliphatic rings. The van der Waals surface area contributed by atoms with Crippen LogP contribution in [0.4, 0.5) is 0 Å². The second kappa shape index (κ2) is 5.35. The number of benzene rings is 2. The molecule has 0 amide bonds. The predicted molar refractivity (Wildman–Crippen MR) is 71.3 cm³/mol. The summed E-state index contributed by atoms with van der Waals surface area (Å²) in [5, 5.41) is 10.9. The third-order valence-electron chi connectivity index (χ3n) is 2.84. The van der Waals surface area contributed by atoms with Crippen molar-refractivity contribution in [1.29, 1.82) is 0 Å². The average Bonchev–Trinajstić information content (AvgIpc) is 2.38. The van der Waals surface area contributed by atoms with Crippen LogP contribution in [0.5, 0.6) is 0 Å². The quantitative estimate of drug-likeness (QED) is 0.869. The molecule has 0 fully saturated rings. The number of aliphatic hydroxyl groups is 1. The van der Waals surface area contributed by atoms with Gasteiger partial charge in [0.15, 0.2) is 0 Å². The van der Waals surface area contributed by atoms with E-state index in [9.17, 15) is 5.11 Å². The van der Waals surface area contributed by atoms with Gasteiger partial charge in [-0.15, -0.1) is 0 Å². The molecule has 0 aromatic heterocycles. The van der Waals surface area contributed by atoms with Crippen molar-refractivity contribution >= 4 is 11.6 Å². The Bertz CT molecular complexity index is 508. The van der Waals surface area contributed by atoms with Crippen molar-refractivity contribution in [2.75, 3.05) is 0 Å². The van der Waals surface area contributed by atoms with Crippen LogP contribution in [-0.2, 0) is 6.42 Å². The molecule has 0 bridgehead atoms. The molecule has 2 rings (SSSR count). The lowest BCUT2D eigenvalue weighted by atomic mass is 9.99. The van der Waals surface area contributed by atoms with Gasteiger partial charge in [-0.25, -0.2) is 0 Å². The van der Waals surface area contributed by atoms with E-state index >= 15 is 0 Å². The van der Waals surface area contributed by atoms with Gasteiger partial charge >= 0.3 is 0 Å². The largest absolute Gasteiger partial charge is 0.384 e. The molecule has 1 nitrogen and oxygen atoms in total. The summed E-state index contributed by atoms with van der Waals surface area (Å²) in [6.45, 7) is 2.10. The van der Waals surface area contributed by atoms with Crippen molar-refractivity contribution in [2.45, 2.75) is 19.4 Å². The SMILES string of the molecule is CCc1cccc(C(O)c2cccc(Cl)c2)c1. The lowest BCUT2D eigenvalue weighted by Gasteiger charge is -2.12. The summed E-state index contributed by atoms with van der Waals surface area (Å²) in [5.74, 6) is 0. The highest BCUT2D eigenvalue weighted by molar-refractivity contribution is 6.30. The maximum absolute atomic E-state index is 10.3. The first-order valence-corrected chi connectivity index (χ1v) is 6.11. The fraction of sp³-hybridized carbons (Fsp3) is 0.200. The minimum absolute atomic E-state index is 0.611. The molecule has 0 spiro atoms. The molecule has 0 saturated heterocycles. The zero-order valence-corrected chi connectivity index (χ0v) is 10.5. The summed E-state index contributed by atoms with van der Waals surface area (Å²) in [4.78, 5) is 0. The molecule has 0 saturated carbocycles. The Morgan fingerprint density at radius 1 is 1.06 bits per heavy atom. The van der Waals surface area contributed by atoms with Gasteiger partial charge in [0, 0.05) is 5.02 Å². The molecule has 0 aliphatic carbocycles. The zero-order chi connectivity index (χ0) is 12.3. The summed E-state index contributed by atoms with van der Waals surface area (Å²) >= 11 is 5.92. The van der Waals surface area contributed by atoms with Gasteiger partial charge in [0.1, 0.15) is 6.10 Å². The first kappa shape index (κ1) is 12.2. The molecular formula is C15H15ClO. The monoisotopic (exact) mass is 246 g/mol. The maximum Gasteiger partial charge on any atom is 0.104 e. The van der Waals surface area contributed by atoms with Crippen molar-refractivity contribution in [2.24, 2.45) is 0 Å². The molecule has 1 N–H and O–H groups in total. The fourth-order valence-corrected chi connectivity index (χ4v) is 2.05. The van der Waals surface area contributed by atoms with E-state index < -0.39 is 6.10 Å². The number of aryl methyl sites for hydroxylation is 1. The van der Waals surface area contributed by atoms with Crippen LogP contribution in [0.2, 0.25) is 5.02 Å². The van der Waals surface area contributed by atoms with Crippen LogP contribution in [-0.4, -0.2) is 5.11 Å². The van der Waals surface area contributed by atoms with Crippen LogP contribution < -0.4 is 0 Å². The fourth-order valence-electron chi connectivity index (χ4n) is 1.85. The summed E-state index contributed by atoms with van der Waals surface area (Å²) in [5.41, 5.74) is 2.96. The Kier molecular flexibility index (Phi) is 3.82. The highest BCUT2D eigenvalue weighted by Gasteiger charge is 2.10. The molecule has 88 valence electrons. The highest BCUT2D eigenvalue weighted by Crippen LogP contribution is 2.24. The second-order valence-corrected chi connectivity index (χ2v) is 4.49. The molecule has 0 aliphatic heterocycles. The van der Waals surface area contributed by atoms with Gasteiger partial charge < -0.3 is 5.11 Å². The van der Waals surface area contributed by atoms with Crippen LogP contribution in [0.25, 0.3) is 0 Å². The number of hydrogen-bond donors (Lipinski definition) is 1. The molecule has 1 unspecified atom stereocenters. The van der Waals surface area contributed by atoms with E-state index in [1.807, 2.05) is 30.3 Å². The third kappa shape index (κ3) is 2.87. The van der Waals surface area contributed by atoms with E-state index in [1.165, 1.54) is 5.56 Å². The van der Waals surface area contributed by atoms with Crippen molar-refractivity contribution in [3.63, 3.8) is 0 Å². The van der Waals surface area contributed by atoms with Crippen molar-refractivity contribution in [3.8, 4) is 0 Å². The summed E-state index contributed by atoms with van der Waals surface area (Å²) < 4.78 is 0. The van der Waals surface area contributed by atoms with Crippen LogP contribution in [0, 0.1) is 0 Å². The lowest BCUT2D eigenvalue weighted by Crippen LogP contribution is -2.00. The van der Waals surface area contributed by atoms with Gasteiger partial charge in [-0.05, 0) is 35.2 Å². The third-order valence-corrected chi connectivity index (χ3v) is 3.07. The van der Waals surface area contributed by atoms with E-state index in [0.717, 1.165) is 17.5 Å². The molecule has 2 heteroatoms. The molecule has 0 heterocycles. The molecule has 2 aromatic carbocycles. The summed E-state index contributed by atoms with van der Waals surface area (Å²) in [6.07, 6.45) is 0.357. The van der Waals surface area contributed by atoms with Gasteiger partial charge in [-0.3, -0.25) is 0 Å². The minimum Gasteiger partial charge on any atom is -0.384 e. The Balaban J connectivity index is 2.33. The lowest BCUT2D eigenvalue weighted by molar-refractivity contribution is 0.220. The molecular weight excluding hydrogens is 232 g/mol. The Hall–Kier alpha value is -1.31. The topological polar surface area (TPSA) is 20.2 Å². The van der Waals surface area contributed by atoms with Gasteiger partial charge in [0.2, 0.25) is 0 Å². The van der Waals surface area contributed by atoms with Crippen LogP contribution >= 0.6 is 11.6 Å². The molecule has 1 atom stereocenters. The highest BCUT2D eigenvalue weighted by atomic mass is 35.5. The maximum atomic E-state index is 10.3. The Morgan fingerprint density at radius 3 is 2.35 bits per heavy atom. The Morgan fingerprint density at radius 2 is 1.71 bits per heavy atom. The van der Waals surface area contributed by atoms with Crippen LogP contribution in [0.15, 0.2) is 48.5 Å². The average molecular weight is 247 g/mol.